The highest BCUT2D eigenvalue weighted by Crippen LogP contribution is 2.51. The highest BCUT2D eigenvalue weighted by atomic mass is 32.2. The second-order valence-electron chi connectivity index (χ2n) is 8.94. The van der Waals surface area contributed by atoms with E-state index in [9.17, 15) is 25.3 Å². The van der Waals surface area contributed by atoms with Gasteiger partial charge in [-0.05, 0) is 48.4 Å². The lowest BCUT2D eigenvalue weighted by Gasteiger charge is -2.21. The molecule has 0 saturated carbocycles. The van der Waals surface area contributed by atoms with Crippen molar-refractivity contribution < 1.29 is 52.0 Å². The van der Waals surface area contributed by atoms with Crippen molar-refractivity contribution in [2.45, 2.75) is 13.3 Å². The summed E-state index contributed by atoms with van der Waals surface area (Å²) < 4.78 is 104. The van der Waals surface area contributed by atoms with E-state index in [1.54, 1.807) is 19.1 Å². The highest BCUT2D eigenvalue weighted by molar-refractivity contribution is 7.86. The number of methoxy groups -OCH3 is 2. The summed E-state index contributed by atoms with van der Waals surface area (Å²) in [4.78, 5) is 0. The summed E-state index contributed by atoms with van der Waals surface area (Å²) in [5.41, 5.74) is 1.15. The van der Waals surface area contributed by atoms with Gasteiger partial charge in [0.15, 0.2) is 23.0 Å². The predicted octanol–water partition coefficient (Wildman–Crippen LogP) is 3.85. The molecule has 0 unspecified atom stereocenters. The van der Waals surface area contributed by atoms with Crippen molar-refractivity contribution in [2.75, 3.05) is 39.6 Å². The molecule has 12 nitrogen and oxygen atoms in total. The fraction of sp³-hybridized carbons (Fsp3) is 0.286. The molecule has 0 amide bonds. The van der Waals surface area contributed by atoms with Gasteiger partial charge in [0.2, 0.25) is 0 Å². The molecule has 0 N–H and O–H groups in total. The molecular formula is C28H30O12S3. The molecule has 0 spiro atoms. The van der Waals surface area contributed by atoms with Crippen LogP contribution in [0.25, 0.3) is 22.3 Å². The quantitative estimate of drug-likeness (QED) is 0.149. The van der Waals surface area contributed by atoms with Gasteiger partial charge in [-0.1, -0.05) is 18.2 Å². The molecule has 0 aliphatic rings. The Labute approximate surface area is 251 Å². The van der Waals surface area contributed by atoms with Crippen LogP contribution in [0, 0.1) is 11.8 Å². The number of benzene rings is 3. The van der Waals surface area contributed by atoms with Crippen molar-refractivity contribution in [2.24, 2.45) is 0 Å². The maximum Gasteiger partial charge on any atom is 0.306 e. The first-order valence-corrected chi connectivity index (χ1v) is 17.7. The molecule has 3 rings (SSSR count). The minimum absolute atomic E-state index is 0.0120. The normalized spacial score (nSPS) is 11.6. The summed E-state index contributed by atoms with van der Waals surface area (Å²) in [6.07, 6.45) is 3.02. The first-order valence-electron chi connectivity index (χ1n) is 12.3. The van der Waals surface area contributed by atoms with E-state index in [0.29, 0.717) is 17.5 Å². The van der Waals surface area contributed by atoms with Crippen LogP contribution >= 0.6 is 0 Å². The van der Waals surface area contributed by atoms with Crippen molar-refractivity contribution in [3.8, 4) is 68.6 Å². The predicted molar refractivity (Wildman–Crippen MR) is 160 cm³/mol. The Kier molecular flexibility index (Phi) is 10.4. The Hall–Kier alpha value is -4.13. The van der Waals surface area contributed by atoms with Crippen molar-refractivity contribution >= 4 is 30.4 Å². The molecule has 0 aromatic heterocycles. The van der Waals surface area contributed by atoms with Crippen LogP contribution in [-0.4, -0.2) is 64.8 Å². The van der Waals surface area contributed by atoms with Gasteiger partial charge in [-0.15, -0.1) is 11.8 Å². The molecule has 0 aliphatic heterocycles. The minimum atomic E-state index is -4.14. The third-order valence-corrected chi connectivity index (χ3v) is 6.85. The second-order valence-corrected chi connectivity index (χ2v) is 13.7. The number of hydrogen-bond acceptors (Lipinski definition) is 12. The second kappa shape index (κ2) is 13.4. The Morgan fingerprint density at radius 2 is 1.26 bits per heavy atom. The first kappa shape index (κ1) is 33.4. The summed E-state index contributed by atoms with van der Waals surface area (Å²) >= 11 is 0. The van der Waals surface area contributed by atoms with Crippen LogP contribution in [0.3, 0.4) is 0 Å². The van der Waals surface area contributed by atoms with Gasteiger partial charge in [0, 0.05) is 12.0 Å². The summed E-state index contributed by atoms with van der Waals surface area (Å²) in [5.74, 6) is 5.44. The molecule has 3 aromatic rings. The van der Waals surface area contributed by atoms with Crippen molar-refractivity contribution in [1.82, 2.24) is 0 Å². The van der Waals surface area contributed by atoms with Gasteiger partial charge in [0.1, 0.15) is 11.5 Å². The zero-order valence-electron chi connectivity index (χ0n) is 24.2. The fourth-order valence-electron chi connectivity index (χ4n) is 3.91. The van der Waals surface area contributed by atoms with E-state index in [1.807, 2.05) is 0 Å². The summed E-state index contributed by atoms with van der Waals surface area (Å²) in [6, 6.07) is 11.8. The Balaban J connectivity index is 2.29. The van der Waals surface area contributed by atoms with Crippen LogP contribution in [0.2, 0.25) is 0 Å². The smallest absolute Gasteiger partial charge is 0.306 e. The monoisotopic (exact) mass is 654 g/mol. The zero-order valence-corrected chi connectivity index (χ0v) is 26.6. The lowest BCUT2D eigenvalue weighted by molar-refractivity contribution is 0.316. The van der Waals surface area contributed by atoms with E-state index in [0.717, 1.165) is 18.8 Å². The molecule has 0 radical (unpaired) electrons. The maximum absolute atomic E-state index is 12.4. The fourth-order valence-corrected chi connectivity index (χ4v) is 5.29. The molecule has 15 heteroatoms. The van der Waals surface area contributed by atoms with Gasteiger partial charge in [-0.2, -0.15) is 25.3 Å². The van der Waals surface area contributed by atoms with Crippen LogP contribution in [0.1, 0.15) is 13.3 Å². The molecule has 3 aromatic carbocycles. The largest absolute Gasteiger partial charge is 0.496 e. The Bertz CT molecular complexity index is 1870. The van der Waals surface area contributed by atoms with Crippen LogP contribution < -0.4 is 26.8 Å². The van der Waals surface area contributed by atoms with E-state index in [4.69, 9.17) is 26.8 Å². The van der Waals surface area contributed by atoms with Crippen LogP contribution in [0.4, 0.5) is 0 Å². The Morgan fingerprint density at radius 3 is 1.79 bits per heavy atom. The van der Waals surface area contributed by atoms with E-state index in [1.165, 1.54) is 50.6 Å². The molecule has 0 bridgehead atoms. The van der Waals surface area contributed by atoms with Crippen LogP contribution in [0.5, 0.6) is 34.5 Å². The van der Waals surface area contributed by atoms with Gasteiger partial charge in [-0.25, -0.2) is 0 Å². The number of rotatable bonds is 13. The van der Waals surface area contributed by atoms with Crippen molar-refractivity contribution in [1.29, 1.82) is 0 Å². The third-order valence-electron chi connectivity index (χ3n) is 5.41. The molecule has 0 aliphatic carbocycles. The minimum Gasteiger partial charge on any atom is -0.496 e. The van der Waals surface area contributed by atoms with Crippen molar-refractivity contribution in [3.05, 3.63) is 48.5 Å². The lowest BCUT2D eigenvalue weighted by atomic mass is 9.96. The van der Waals surface area contributed by atoms with E-state index in [2.05, 4.69) is 11.8 Å². The Morgan fingerprint density at radius 1 is 0.651 bits per heavy atom. The molecule has 0 fully saturated rings. The van der Waals surface area contributed by atoms with Gasteiger partial charge >= 0.3 is 30.4 Å². The molecular weight excluding hydrogens is 624 g/mol. The SMILES string of the molecule is CC#CCCOc1ccc(-c2c(OC)cc(-c3ccc(OS(C)(=O)=O)cc3)c(OC)c2OS(C)(=O)=O)cc1OS(C)(=O)=O. The number of hydrogen-bond donors (Lipinski definition) is 0. The number of ether oxygens (including phenoxy) is 3. The van der Waals surface area contributed by atoms with Gasteiger partial charge in [-0.3, -0.25) is 0 Å². The average Bonchev–Trinajstić information content (AvgIpc) is 2.89. The lowest BCUT2D eigenvalue weighted by Crippen LogP contribution is -2.10. The van der Waals surface area contributed by atoms with Crippen LogP contribution in [-0.2, 0) is 30.4 Å². The summed E-state index contributed by atoms with van der Waals surface area (Å²) in [6.45, 7) is 1.83. The molecule has 43 heavy (non-hydrogen) atoms. The summed E-state index contributed by atoms with van der Waals surface area (Å²) in [7, 11) is -9.25. The van der Waals surface area contributed by atoms with Gasteiger partial charge in [0.25, 0.3) is 0 Å². The van der Waals surface area contributed by atoms with E-state index in [-0.39, 0.29) is 52.2 Å². The molecule has 0 heterocycles. The van der Waals surface area contributed by atoms with E-state index < -0.39 is 30.4 Å². The first-order chi connectivity index (χ1) is 20.0. The van der Waals surface area contributed by atoms with Crippen LogP contribution in [0.15, 0.2) is 48.5 Å². The van der Waals surface area contributed by atoms with Gasteiger partial charge in [0.05, 0.1) is 45.2 Å². The standard InChI is InChI=1S/C28H30O12S3/c1-7-8-9-16-37-23-15-12-20(17-24(23)39-42(5,31)32)26-25(35-2)18-22(27(36-3)28(26)40-43(6,33)34)19-10-13-21(14-11-19)38-41(4,29)30/h10-15,17-18H,9,16H2,1-6H3. The molecule has 0 saturated heterocycles. The average molecular weight is 655 g/mol. The maximum atomic E-state index is 12.4. The van der Waals surface area contributed by atoms with Gasteiger partial charge < -0.3 is 26.8 Å². The third kappa shape index (κ3) is 9.43. The summed E-state index contributed by atoms with van der Waals surface area (Å²) in [5, 5.41) is 0. The molecule has 0 atom stereocenters. The zero-order chi connectivity index (χ0) is 32.0. The van der Waals surface area contributed by atoms with Crippen molar-refractivity contribution in [3.63, 3.8) is 0 Å². The topological polar surface area (TPSA) is 158 Å². The highest BCUT2D eigenvalue weighted by Gasteiger charge is 2.27. The van der Waals surface area contributed by atoms with E-state index >= 15 is 0 Å². The molecule has 232 valence electrons.